The van der Waals surface area contributed by atoms with Crippen LogP contribution in [0.25, 0.3) is 0 Å². The van der Waals surface area contributed by atoms with Gasteiger partial charge in [-0.05, 0) is 32.6 Å². The molecule has 1 amide bonds. The Morgan fingerprint density at radius 1 is 1.24 bits per heavy atom. The van der Waals surface area contributed by atoms with Crippen molar-refractivity contribution in [2.45, 2.75) is 51.0 Å². The lowest BCUT2D eigenvalue weighted by atomic mass is 10.0. The van der Waals surface area contributed by atoms with Gasteiger partial charge in [0, 0.05) is 61.6 Å². The molecule has 1 saturated heterocycles. The van der Waals surface area contributed by atoms with Crippen LogP contribution >= 0.6 is 0 Å². The van der Waals surface area contributed by atoms with Crippen molar-refractivity contribution in [1.82, 2.24) is 15.0 Å². The van der Waals surface area contributed by atoms with Crippen LogP contribution in [0.2, 0.25) is 0 Å². The van der Waals surface area contributed by atoms with Gasteiger partial charge in [0.1, 0.15) is 11.6 Å². The van der Waals surface area contributed by atoms with E-state index in [0.29, 0.717) is 5.82 Å². The predicted octanol–water partition coefficient (Wildman–Crippen LogP) is 2.28. The summed E-state index contributed by atoms with van der Waals surface area (Å²) < 4.78 is 0. The van der Waals surface area contributed by atoms with Gasteiger partial charge in [-0.15, -0.1) is 0 Å². The van der Waals surface area contributed by atoms with Crippen LogP contribution in [-0.2, 0) is 10.2 Å². The van der Waals surface area contributed by atoms with E-state index in [1.54, 1.807) is 0 Å². The number of pyridine rings is 1. The second-order valence-corrected chi connectivity index (χ2v) is 8.52. The van der Waals surface area contributed by atoms with Crippen LogP contribution in [0.15, 0.2) is 18.3 Å². The van der Waals surface area contributed by atoms with Crippen LogP contribution < -0.4 is 15.1 Å². The van der Waals surface area contributed by atoms with Crippen LogP contribution in [0.4, 0.5) is 23.3 Å². The van der Waals surface area contributed by atoms with Crippen molar-refractivity contribution in [3.63, 3.8) is 0 Å². The summed E-state index contributed by atoms with van der Waals surface area (Å²) in [5, 5.41) is 12.6. The number of aromatic nitrogens is 3. The number of rotatable bonds is 3. The van der Waals surface area contributed by atoms with E-state index in [1.807, 2.05) is 25.3 Å². The minimum Gasteiger partial charge on any atom is -0.393 e. The largest absolute Gasteiger partial charge is 0.393 e. The second kappa shape index (κ2) is 6.66. The fourth-order valence-corrected chi connectivity index (χ4v) is 4.46. The standard InChI is InChI=1S/C21H26N6O2/c1-13-9-19(25-20(23-13)26-7-3-15(29)4-8-26)27-12-21(5-6-21)16-11-22-18(10-17(16)27)24-14(2)28/h9-11,15,29H,3-8,12H2,1-2H3,(H,22,24,28). The van der Waals surface area contributed by atoms with Gasteiger partial charge < -0.3 is 20.2 Å². The first-order chi connectivity index (χ1) is 13.9. The summed E-state index contributed by atoms with van der Waals surface area (Å²) in [6.07, 6.45) is 5.48. The molecular weight excluding hydrogens is 368 g/mol. The number of nitrogens with one attached hydrogen (secondary N) is 1. The van der Waals surface area contributed by atoms with Crippen molar-refractivity contribution in [2.75, 3.05) is 34.8 Å². The van der Waals surface area contributed by atoms with E-state index in [4.69, 9.17) is 4.98 Å². The second-order valence-electron chi connectivity index (χ2n) is 8.52. The number of carbonyl (C=O) groups excluding carboxylic acids is 1. The highest BCUT2D eigenvalue weighted by atomic mass is 16.3. The average Bonchev–Trinajstić information content (AvgIpc) is 3.38. The van der Waals surface area contributed by atoms with Crippen molar-refractivity contribution >= 4 is 29.2 Å². The molecule has 8 nitrogen and oxygen atoms in total. The van der Waals surface area contributed by atoms with E-state index in [1.165, 1.54) is 12.5 Å². The van der Waals surface area contributed by atoms with Crippen LogP contribution in [0.1, 0.15) is 43.9 Å². The van der Waals surface area contributed by atoms with E-state index in [2.05, 4.69) is 25.1 Å². The number of piperidine rings is 1. The van der Waals surface area contributed by atoms with Gasteiger partial charge >= 0.3 is 0 Å². The van der Waals surface area contributed by atoms with Crippen LogP contribution in [0.5, 0.6) is 0 Å². The smallest absolute Gasteiger partial charge is 0.227 e. The number of aliphatic hydroxyl groups excluding tert-OH is 1. The molecule has 2 aliphatic heterocycles. The van der Waals surface area contributed by atoms with E-state index >= 15 is 0 Å². The number of fused-ring (bicyclic) bond motifs is 2. The zero-order valence-electron chi connectivity index (χ0n) is 16.9. The maximum absolute atomic E-state index is 11.5. The molecule has 29 heavy (non-hydrogen) atoms. The predicted molar refractivity (Wildman–Crippen MR) is 111 cm³/mol. The summed E-state index contributed by atoms with van der Waals surface area (Å²) in [4.78, 5) is 29.9. The lowest BCUT2D eigenvalue weighted by Crippen LogP contribution is -2.37. The maximum Gasteiger partial charge on any atom is 0.227 e. The van der Waals surface area contributed by atoms with E-state index < -0.39 is 0 Å². The zero-order valence-corrected chi connectivity index (χ0v) is 16.9. The third-order valence-corrected chi connectivity index (χ3v) is 6.22. The molecule has 8 heteroatoms. The normalized spacial score (nSPS) is 20.1. The van der Waals surface area contributed by atoms with Gasteiger partial charge in [0.05, 0.1) is 11.8 Å². The first kappa shape index (κ1) is 18.3. The van der Waals surface area contributed by atoms with Gasteiger partial charge in [0.25, 0.3) is 0 Å². The Kier molecular flexibility index (Phi) is 4.20. The van der Waals surface area contributed by atoms with Gasteiger partial charge in [-0.1, -0.05) is 0 Å². The molecule has 1 spiro atoms. The van der Waals surface area contributed by atoms with Crippen molar-refractivity contribution in [3.8, 4) is 0 Å². The molecule has 2 N–H and O–H groups in total. The molecule has 1 aliphatic carbocycles. The number of anilines is 4. The maximum atomic E-state index is 11.5. The lowest BCUT2D eigenvalue weighted by molar-refractivity contribution is -0.114. The first-order valence-corrected chi connectivity index (χ1v) is 10.3. The molecule has 0 aromatic carbocycles. The molecule has 1 saturated carbocycles. The fourth-order valence-electron chi connectivity index (χ4n) is 4.46. The van der Waals surface area contributed by atoms with Crippen LogP contribution in [0, 0.1) is 6.92 Å². The number of hydrogen-bond acceptors (Lipinski definition) is 7. The molecule has 152 valence electrons. The van der Waals surface area contributed by atoms with Gasteiger partial charge in [0.2, 0.25) is 11.9 Å². The van der Waals surface area contributed by atoms with Gasteiger partial charge in [-0.2, -0.15) is 4.98 Å². The zero-order chi connectivity index (χ0) is 20.2. The highest BCUT2D eigenvalue weighted by molar-refractivity contribution is 5.89. The fraction of sp³-hybridized carbons (Fsp3) is 0.524. The first-order valence-electron chi connectivity index (χ1n) is 10.3. The highest BCUT2D eigenvalue weighted by Gasteiger charge is 2.52. The third-order valence-electron chi connectivity index (χ3n) is 6.22. The number of hydrogen-bond donors (Lipinski definition) is 2. The summed E-state index contributed by atoms with van der Waals surface area (Å²) in [5.41, 5.74) is 3.39. The number of aliphatic hydroxyl groups is 1. The Labute approximate surface area is 170 Å². The quantitative estimate of drug-likeness (QED) is 0.825. The molecule has 3 aliphatic rings. The van der Waals surface area contributed by atoms with Crippen LogP contribution in [-0.4, -0.2) is 51.7 Å². The third kappa shape index (κ3) is 3.31. The lowest BCUT2D eigenvalue weighted by Gasteiger charge is -2.30. The monoisotopic (exact) mass is 394 g/mol. The minimum absolute atomic E-state index is 0.129. The summed E-state index contributed by atoms with van der Waals surface area (Å²) in [7, 11) is 0. The Balaban J connectivity index is 1.51. The average molecular weight is 394 g/mol. The molecule has 5 rings (SSSR count). The summed E-state index contributed by atoms with van der Waals surface area (Å²) in [6.45, 7) is 5.89. The number of carbonyl (C=O) groups is 1. The molecule has 2 aromatic rings. The highest BCUT2D eigenvalue weighted by Crippen LogP contribution is 2.58. The van der Waals surface area contributed by atoms with Crippen molar-refractivity contribution in [3.05, 3.63) is 29.6 Å². The molecule has 4 heterocycles. The molecule has 0 bridgehead atoms. The summed E-state index contributed by atoms with van der Waals surface area (Å²) in [5.74, 6) is 2.04. The Morgan fingerprint density at radius 3 is 2.69 bits per heavy atom. The van der Waals surface area contributed by atoms with Crippen molar-refractivity contribution in [1.29, 1.82) is 0 Å². The Hall–Kier alpha value is -2.74. The van der Waals surface area contributed by atoms with Gasteiger partial charge in [0.15, 0.2) is 0 Å². The van der Waals surface area contributed by atoms with Crippen LogP contribution in [0.3, 0.4) is 0 Å². The van der Waals surface area contributed by atoms with E-state index in [9.17, 15) is 9.90 Å². The molecule has 0 radical (unpaired) electrons. The van der Waals surface area contributed by atoms with E-state index in [-0.39, 0.29) is 17.4 Å². The molecular formula is C21H26N6O2. The van der Waals surface area contributed by atoms with Crippen molar-refractivity contribution in [2.24, 2.45) is 0 Å². The Morgan fingerprint density at radius 2 is 2.00 bits per heavy atom. The van der Waals surface area contributed by atoms with Crippen molar-refractivity contribution < 1.29 is 9.90 Å². The van der Waals surface area contributed by atoms with Gasteiger partial charge in [-0.25, -0.2) is 9.97 Å². The number of aryl methyl sites for hydroxylation is 1. The summed E-state index contributed by atoms with van der Waals surface area (Å²) >= 11 is 0. The summed E-state index contributed by atoms with van der Waals surface area (Å²) in [6, 6.07) is 3.98. The molecule has 2 fully saturated rings. The SMILES string of the molecule is CC(=O)Nc1cc2c(cn1)C1(CC1)CN2c1cc(C)nc(N2CCC(O)CC2)n1. The van der Waals surface area contributed by atoms with E-state index in [0.717, 1.165) is 68.5 Å². The molecule has 0 unspecified atom stereocenters. The van der Waals surface area contributed by atoms with Gasteiger partial charge in [-0.3, -0.25) is 4.79 Å². The Bertz CT molecular complexity index is 966. The molecule has 2 aromatic heterocycles. The number of amides is 1. The molecule has 0 atom stereocenters. The number of nitrogens with zero attached hydrogens (tertiary/aromatic N) is 5. The topological polar surface area (TPSA) is 94.5 Å². The minimum atomic E-state index is -0.226.